The molecule has 0 amide bonds. The molecule has 3 heterocycles. The van der Waals surface area contributed by atoms with E-state index in [1.165, 1.54) is 22.7 Å². The lowest BCUT2D eigenvalue weighted by molar-refractivity contribution is 0.306. The molecule has 0 aliphatic carbocycles. The van der Waals surface area contributed by atoms with Gasteiger partial charge in [0.25, 0.3) is 0 Å². The van der Waals surface area contributed by atoms with Crippen LogP contribution in [-0.4, -0.2) is 44.2 Å². The largest absolute Gasteiger partial charge is 0.298 e. The van der Waals surface area contributed by atoms with Gasteiger partial charge in [-0.05, 0) is 42.8 Å². The Morgan fingerprint density at radius 3 is 2.68 bits per heavy atom. The maximum absolute atomic E-state index is 13.1. The monoisotopic (exact) mass is 361 g/mol. The number of rotatable bonds is 3. The van der Waals surface area contributed by atoms with Crippen LogP contribution in [0.2, 0.25) is 0 Å². The molecule has 1 atom stereocenters. The lowest BCUT2D eigenvalue weighted by atomic mass is 9.85. The second-order valence-corrected chi connectivity index (χ2v) is 8.92. The minimum atomic E-state index is -3.33. The van der Waals surface area contributed by atoms with Crippen LogP contribution in [-0.2, 0) is 22.0 Å². The molecule has 7 heteroatoms. The molecule has 1 fully saturated rings. The molecule has 2 aliphatic rings. The van der Waals surface area contributed by atoms with Gasteiger partial charge in [-0.3, -0.25) is 14.2 Å². The van der Waals surface area contributed by atoms with Gasteiger partial charge in [0.15, 0.2) is 0 Å². The molecule has 1 aromatic carbocycles. The Hall–Kier alpha value is -1.99. The van der Waals surface area contributed by atoms with Crippen molar-refractivity contribution >= 4 is 15.7 Å². The number of nitrogens with zero attached hydrogens (tertiary/aromatic N) is 3. The summed E-state index contributed by atoms with van der Waals surface area (Å²) in [6.45, 7) is 2.78. The van der Waals surface area contributed by atoms with E-state index in [9.17, 15) is 12.8 Å². The Morgan fingerprint density at radius 2 is 1.96 bits per heavy atom. The molecule has 0 saturated carbocycles. The lowest BCUT2D eigenvalue weighted by Crippen LogP contribution is -2.38. The van der Waals surface area contributed by atoms with E-state index in [0.29, 0.717) is 12.2 Å². The highest BCUT2D eigenvalue weighted by atomic mass is 32.2. The summed E-state index contributed by atoms with van der Waals surface area (Å²) in [5, 5.41) is 0. The van der Waals surface area contributed by atoms with Gasteiger partial charge in [0, 0.05) is 31.2 Å². The summed E-state index contributed by atoms with van der Waals surface area (Å²) >= 11 is 0. The molecule has 0 bridgehead atoms. The van der Waals surface area contributed by atoms with Crippen LogP contribution in [0.3, 0.4) is 0 Å². The van der Waals surface area contributed by atoms with Gasteiger partial charge in [0.2, 0.25) is 10.0 Å². The molecule has 0 unspecified atom stereocenters. The third kappa shape index (κ3) is 2.91. The standard InChI is InChI=1S/C18H20FN3O2S/c1-25(23,24)22-13-18(17-16(22)3-2-9-20-17)8-10-21(12-18)11-14-4-6-15(19)7-5-14/h2-7,9H,8,10-13H2,1H3/t18-/m1/s1. The molecular weight excluding hydrogens is 341 g/mol. The summed E-state index contributed by atoms with van der Waals surface area (Å²) in [5.41, 5.74) is 2.37. The molecule has 5 nitrogen and oxygen atoms in total. The quantitative estimate of drug-likeness (QED) is 0.841. The van der Waals surface area contributed by atoms with Crippen LogP contribution in [0.5, 0.6) is 0 Å². The van der Waals surface area contributed by atoms with Gasteiger partial charge in [-0.15, -0.1) is 0 Å². The normalized spacial score (nSPS) is 23.4. The summed E-state index contributed by atoms with van der Waals surface area (Å²) in [6, 6.07) is 10.1. The minimum absolute atomic E-state index is 0.237. The highest BCUT2D eigenvalue weighted by molar-refractivity contribution is 7.92. The second-order valence-electron chi connectivity index (χ2n) is 7.01. The van der Waals surface area contributed by atoms with E-state index < -0.39 is 10.0 Å². The number of halogens is 1. The van der Waals surface area contributed by atoms with Crippen LogP contribution < -0.4 is 4.31 Å². The predicted molar refractivity (Wildman–Crippen MR) is 94.4 cm³/mol. The average Bonchev–Trinajstić information content (AvgIpc) is 3.13. The van der Waals surface area contributed by atoms with Gasteiger partial charge < -0.3 is 0 Å². The average molecular weight is 361 g/mol. The highest BCUT2D eigenvalue weighted by Gasteiger charge is 2.50. The van der Waals surface area contributed by atoms with Crippen LogP contribution >= 0.6 is 0 Å². The molecule has 1 saturated heterocycles. The number of anilines is 1. The zero-order valence-electron chi connectivity index (χ0n) is 14.0. The number of aromatic nitrogens is 1. The van der Waals surface area contributed by atoms with E-state index in [0.717, 1.165) is 37.3 Å². The van der Waals surface area contributed by atoms with Crippen molar-refractivity contribution in [2.24, 2.45) is 0 Å². The Balaban J connectivity index is 1.60. The Bertz CT molecular complexity index is 901. The van der Waals surface area contributed by atoms with Gasteiger partial charge in [0.1, 0.15) is 5.82 Å². The van der Waals surface area contributed by atoms with Crippen molar-refractivity contribution in [3.8, 4) is 0 Å². The van der Waals surface area contributed by atoms with E-state index in [4.69, 9.17) is 0 Å². The number of sulfonamides is 1. The molecule has 0 radical (unpaired) electrons. The highest BCUT2D eigenvalue weighted by Crippen LogP contribution is 2.46. The summed E-state index contributed by atoms with van der Waals surface area (Å²) in [5.74, 6) is -0.237. The zero-order valence-corrected chi connectivity index (χ0v) is 14.8. The SMILES string of the molecule is CS(=O)(=O)N1C[C@]2(CCN(Cc3ccc(F)cc3)C2)c2ncccc21. The van der Waals surface area contributed by atoms with Crippen molar-refractivity contribution in [1.29, 1.82) is 0 Å². The van der Waals surface area contributed by atoms with Gasteiger partial charge >= 0.3 is 0 Å². The molecule has 1 aromatic heterocycles. The maximum atomic E-state index is 13.1. The summed E-state index contributed by atoms with van der Waals surface area (Å²) < 4.78 is 38.9. The number of hydrogen-bond donors (Lipinski definition) is 0. The second kappa shape index (κ2) is 5.78. The fourth-order valence-electron chi connectivity index (χ4n) is 4.00. The molecule has 2 aromatic rings. The van der Waals surface area contributed by atoms with Crippen molar-refractivity contribution < 1.29 is 12.8 Å². The first-order valence-electron chi connectivity index (χ1n) is 8.27. The number of fused-ring (bicyclic) bond motifs is 2. The molecule has 25 heavy (non-hydrogen) atoms. The number of pyridine rings is 1. The van der Waals surface area contributed by atoms with Crippen molar-refractivity contribution in [3.63, 3.8) is 0 Å². The predicted octanol–water partition coefficient (Wildman–Crippen LogP) is 2.14. The van der Waals surface area contributed by atoms with Crippen LogP contribution in [0.25, 0.3) is 0 Å². The number of hydrogen-bond acceptors (Lipinski definition) is 4. The van der Waals surface area contributed by atoms with Gasteiger partial charge in [-0.2, -0.15) is 0 Å². The third-order valence-electron chi connectivity index (χ3n) is 5.16. The first-order valence-corrected chi connectivity index (χ1v) is 10.1. The van der Waals surface area contributed by atoms with E-state index in [1.807, 2.05) is 6.07 Å². The minimum Gasteiger partial charge on any atom is -0.298 e. The molecule has 0 N–H and O–H groups in total. The first-order chi connectivity index (χ1) is 11.9. The fourth-order valence-corrected chi connectivity index (χ4v) is 4.99. The van der Waals surface area contributed by atoms with Crippen molar-refractivity contribution in [3.05, 3.63) is 59.7 Å². The summed E-state index contributed by atoms with van der Waals surface area (Å²) in [4.78, 5) is 6.82. The Kier molecular flexibility index (Phi) is 3.81. The molecule has 2 aliphatic heterocycles. The van der Waals surface area contributed by atoms with Crippen molar-refractivity contribution in [2.45, 2.75) is 18.4 Å². The van der Waals surface area contributed by atoms with Crippen LogP contribution in [0.15, 0.2) is 42.6 Å². The molecule has 132 valence electrons. The van der Waals surface area contributed by atoms with E-state index in [1.54, 1.807) is 24.4 Å². The molecule has 4 rings (SSSR count). The van der Waals surface area contributed by atoms with Crippen molar-refractivity contribution in [2.75, 3.05) is 30.2 Å². The van der Waals surface area contributed by atoms with Gasteiger partial charge in [-0.25, -0.2) is 12.8 Å². The van der Waals surface area contributed by atoms with Gasteiger partial charge in [0.05, 0.1) is 17.6 Å². The molecule has 1 spiro atoms. The smallest absolute Gasteiger partial charge is 0.232 e. The Labute approximate surface area is 147 Å². The fraction of sp³-hybridized carbons (Fsp3) is 0.389. The lowest BCUT2D eigenvalue weighted by Gasteiger charge is -2.25. The van der Waals surface area contributed by atoms with Crippen LogP contribution in [0, 0.1) is 5.82 Å². The van der Waals surface area contributed by atoms with Gasteiger partial charge in [-0.1, -0.05) is 12.1 Å². The zero-order chi connectivity index (χ0) is 17.7. The summed E-state index contributed by atoms with van der Waals surface area (Å²) in [6.07, 6.45) is 3.84. The third-order valence-corrected chi connectivity index (χ3v) is 6.28. The van der Waals surface area contributed by atoms with E-state index in [2.05, 4.69) is 9.88 Å². The van der Waals surface area contributed by atoms with Crippen LogP contribution in [0.4, 0.5) is 10.1 Å². The van der Waals surface area contributed by atoms with Crippen molar-refractivity contribution in [1.82, 2.24) is 9.88 Å². The molecular formula is C18H20FN3O2S. The summed E-state index contributed by atoms with van der Waals surface area (Å²) in [7, 11) is -3.33. The van der Waals surface area contributed by atoms with E-state index in [-0.39, 0.29) is 11.2 Å². The number of likely N-dealkylation sites (tertiary alicyclic amines) is 1. The number of benzene rings is 1. The van der Waals surface area contributed by atoms with Crippen LogP contribution in [0.1, 0.15) is 17.7 Å². The maximum Gasteiger partial charge on any atom is 0.232 e. The topological polar surface area (TPSA) is 53.5 Å². The Morgan fingerprint density at radius 1 is 1.20 bits per heavy atom. The van der Waals surface area contributed by atoms with E-state index >= 15 is 0 Å². The first kappa shape index (κ1) is 16.5.